The molecule has 0 fully saturated rings. The van der Waals surface area contributed by atoms with Crippen LogP contribution in [0.5, 0.6) is 5.75 Å². The second kappa shape index (κ2) is 6.67. The van der Waals surface area contributed by atoms with E-state index in [0.29, 0.717) is 6.61 Å². The van der Waals surface area contributed by atoms with Crippen molar-refractivity contribution < 1.29 is 14.6 Å². The Morgan fingerprint density at radius 1 is 1.50 bits per heavy atom. The molecule has 1 aromatic carbocycles. The molecule has 0 amide bonds. The SMILES string of the molecule is CCCCOc1cccc(/C=C\C(=O)O)c1. The number of hydrogen-bond acceptors (Lipinski definition) is 2. The maximum atomic E-state index is 10.4. The largest absolute Gasteiger partial charge is 0.494 e. The Morgan fingerprint density at radius 3 is 3.00 bits per heavy atom. The van der Waals surface area contributed by atoms with Crippen molar-refractivity contribution in [2.75, 3.05) is 6.61 Å². The molecule has 1 rings (SSSR count). The minimum Gasteiger partial charge on any atom is -0.494 e. The molecule has 0 aliphatic heterocycles. The van der Waals surface area contributed by atoms with Gasteiger partial charge >= 0.3 is 5.97 Å². The van der Waals surface area contributed by atoms with E-state index in [-0.39, 0.29) is 0 Å². The van der Waals surface area contributed by atoms with E-state index in [9.17, 15) is 4.79 Å². The Labute approximate surface area is 95.4 Å². The molecule has 16 heavy (non-hydrogen) atoms. The predicted octanol–water partition coefficient (Wildman–Crippen LogP) is 2.96. The van der Waals surface area contributed by atoms with Gasteiger partial charge in [0, 0.05) is 6.08 Å². The molecule has 0 aliphatic carbocycles. The maximum absolute atomic E-state index is 10.4. The maximum Gasteiger partial charge on any atom is 0.328 e. The molecule has 0 aromatic heterocycles. The zero-order valence-electron chi connectivity index (χ0n) is 9.35. The Bertz CT molecular complexity index is 369. The van der Waals surface area contributed by atoms with Gasteiger partial charge in [-0.25, -0.2) is 4.79 Å². The molecule has 0 aliphatic rings. The van der Waals surface area contributed by atoms with Crippen molar-refractivity contribution >= 4 is 12.0 Å². The highest BCUT2D eigenvalue weighted by molar-refractivity contribution is 5.85. The van der Waals surface area contributed by atoms with Crippen LogP contribution in [0.1, 0.15) is 25.3 Å². The van der Waals surface area contributed by atoms with Crippen LogP contribution in [-0.4, -0.2) is 17.7 Å². The summed E-state index contributed by atoms with van der Waals surface area (Å²) in [5.41, 5.74) is 0.830. The van der Waals surface area contributed by atoms with Gasteiger partial charge in [-0.1, -0.05) is 25.5 Å². The second-order valence-electron chi connectivity index (χ2n) is 3.45. The Morgan fingerprint density at radius 2 is 2.31 bits per heavy atom. The summed E-state index contributed by atoms with van der Waals surface area (Å²) in [7, 11) is 0. The number of carboxylic acids is 1. The van der Waals surface area contributed by atoms with E-state index in [1.54, 1.807) is 6.08 Å². The molecule has 0 unspecified atom stereocenters. The minimum absolute atomic E-state index is 0.697. The van der Waals surface area contributed by atoms with Gasteiger partial charge in [-0.15, -0.1) is 0 Å². The van der Waals surface area contributed by atoms with Crippen LogP contribution in [0.15, 0.2) is 30.3 Å². The number of aliphatic carboxylic acids is 1. The molecule has 0 saturated carbocycles. The molecule has 0 spiro atoms. The smallest absolute Gasteiger partial charge is 0.328 e. The number of carbonyl (C=O) groups is 1. The van der Waals surface area contributed by atoms with Gasteiger partial charge in [0.25, 0.3) is 0 Å². The van der Waals surface area contributed by atoms with Crippen LogP contribution in [0.4, 0.5) is 0 Å². The molecule has 1 N–H and O–H groups in total. The van der Waals surface area contributed by atoms with Crippen molar-refractivity contribution in [1.29, 1.82) is 0 Å². The quantitative estimate of drug-likeness (QED) is 0.592. The summed E-state index contributed by atoms with van der Waals surface area (Å²) in [5, 5.41) is 8.50. The van der Waals surface area contributed by atoms with E-state index in [1.165, 1.54) is 0 Å². The lowest BCUT2D eigenvalue weighted by Crippen LogP contribution is -1.96. The molecule has 0 heterocycles. The zero-order valence-corrected chi connectivity index (χ0v) is 9.35. The molecule has 3 nitrogen and oxygen atoms in total. The van der Waals surface area contributed by atoms with Gasteiger partial charge in [-0.3, -0.25) is 0 Å². The molecule has 3 heteroatoms. The number of benzene rings is 1. The van der Waals surface area contributed by atoms with E-state index in [1.807, 2.05) is 24.3 Å². The Hall–Kier alpha value is -1.77. The molecule has 86 valence electrons. The van der Waals surface area contributed by atoms with Crippen LogP contribution in [-0.2, 0) is 4.79 Å². The minimum atomic E-state index is -0.947. The van der Waals surface area contributed by atoms with Crippen LogP contribution in [0.2, 0.25) is 0 Å². The molecule has 0 bridgehead atoms. The third kappa shape index (κ3) is 4.64. The first-order valence-corrected chi connectivity index (χ1v) is 5.36. The molecule has 0 saturated heterocycles. The third-order valence-electron chi connectivity index (χ3n) is 2.04. The lowest BCUT2D eigenvalue weighted by Gasteiger charge is -2.05. The molecular formula is C13H16O3. The summed E-state index contributed by atoms with van der Waals surface area (Å²) in [6, 6.07) is 7.39. The number of ether oxygens (including phenoxy) is 1. The summed E-state index contributed by atoms with van der Waals surface area (Å²) < 4.78 is 5.51. The van der Waals surface area contributed by atoms with Crippen LogP contribution in [0.3, 0.4) is 0 Å². The van der Waals surface area contributed by atoms with Crippen molar-refractivity contribution in [2.24, 2.45) is 0 Å². The number of carboxylic acid groups (broad SMARTS) is 1. The Balaban J connectivity index is 2.60. The van der Waals surface area contributed by atoms with Gasteiger partial charge in [0.15, 0.2) is 0 Å². The van der Waals surface area contributed by atoms with Gasteiger partial charge in [0.2, 0.25) is 0 Å². The van der Waals surface area contributed by atoms with Crippen molar-refractivity contribution in [2.45, 2.75) is 19.8 Å². The van der Waals surface area contributed by atoms with Gasteiger partial charge in [-0.2, -0.15) is 0 Å². The first-order valence-electron chi connectivity index (χ1n) is 5.36. The fourth-order valence-corrected chi connectivity index (χ4v) is 1.21. The van der Waals surface area contributed by atoms with Crippen LogP contribution in [0.25, 0.3) is 6.08 Å². The highest BCUT2D eigenvalue weighted by Crippen LogP contribution is 2.14. The fraction of sp³-hybridized carbons (Fsp3) is 0.308. The van der Waals surface area contributed by atoms with Crippen LogP contribution < -0.4 is 4.74 Å². The topological polar surface area (TPSA) is 46.5 Å². The van der Waals surface area contributed by atoms with Gasteiger partial charge in [0.05, 0.1) is 6.61 Å². The predicted molar refractivity (Wildman–Crippen MR) is 63.5 cm³/mol. The highest BCUT2D eigenvalue weighted by atomic mass is 16.5. The third-order valence-corrected chi connectivity index (χ3v) is 2.04. The fourth-order valence-electron chi connectivity index (χ4n) is 1.21. The van der Waals surface area contributed by atoms with E-state index in [0.717, 1.165) is 30.2 Å². The monoisotopic (exact) mass is 220 g/mol. The molecule has 0 atom stereocenters. The van der Waals surface area contributed by atoms with Gasteiger partial charge in [0.1, 0.15) is 5.75 Å². The van der Waals surface area contributed by atoms with Crippen LogP contribution in [0, 0.1) is 0 Å². The summed E-state index contributed by atoms with van der Waals surface area (Å²) in [6.45, 7) is 2.80. The van der Waals surface area contributed by atoms with Crippen molar-refractivity contribution in [3.63, 3.8) is 0 Å². The van der Waals surface area contributed by atoms with E-state index in [2.05, 4.69) is 6.92 Å². The summed E-state index contributed by atoms with van der Waals surface area (Å²) >= 11 is 0. The van der Waals surface area contributed by atoms with E-state index < -0.39 is 5.97 Å². The van der Waals surface area contributed by atoms with Gasteiger partial charge in [-0.05, 0) is 30.2 Å². The number of rotatable bonds is 6. The lowest BCUT2D eigenvalue weighted by molar-refractivity contribution is -0.131. The second-order valence-corrected chi connectivity index (χ2v) is 3.45. The van der Waals surface area contributed by atoms with Crippen molar-refractivity contribution in [3.05, 3.63) is 35.9 Å². The van der Waals surface area contributed by atoms with Gasteiger partial charge < -0.3 is 9.84 Å². The molecule has 1 aromatic rings. The summed E-state index contributed by atoms with van der Waals surface area (Å²) in [5.74, 6) is -0.168. The normalized spacial score (nSPS) is 10.6. The first-order chi connectivity index (χ1) is 7.72. The zero-order chi connectivity index (χ0) is 11.8. The number of hydrogen-bond donors (Lipinski definition) is 1. The van der Waals surface area contributed by atoms with Crippen molar-refractivity contribution in [3.8, 4) is 5.75 Å². The van der Waals surface area contributed by atoms with E-state index in [4.69, 9.17) is 9.84 Å². The summed E-state index contributed by atoms with van der Waals surface area (Å²) in [6.07, 6.45) is 4.79. The Kier molecular flexibility index (Phi) is 5.12. The van der Waals surface area contributed by atoms with E-state index >= 15 is 0 Å². The first kappa shape index (κ1) is 12.3. The lowest BCUT2D eigenvalue weighted by atomic mass is 10.2. The van der Waals surface area contributed by atoms with Crippen molar-refractivity contribution in [1.82, 2.24) is 0 Å². The number of unbranched alkanes of at least 4 members (excludes halogenated alkanes) is 1. The summed E-state index contributed by atoms with van der Waals surface area (Å²) in [4.78, 5) is 10.4. The highest BCUT2D eigenvalue weighted by Gasteiger charge is 1.95. The van der Waals surface area contributed by atoms with Crippen LogP contribution >= 0.6 is 0 Å². The average molecular weight is 220 g/mol. The molecular weight excluding hydrogens is 204 g/mol. The molecule has 0 radical (unpaired) electrons. The standard InChI is InChI=1S/C13H16O3/c1-2-3-9-16-12-6-4-5-11(10-12)7-8-13(14)15/h4-8,10H,2-3,9H2,1H3,(H,14,15)/b8-7-. The average Bonchev–Trinajstić information content (AvgIpc) is 2.27.